The van der Waals surface area contributed by atoms with Crippen molar-refractivity contribution in [2.75, 3.05) is 11.4 Å². The number of benzene rings is 2. The van der Waals surface area contributed by atoms with Gasteiger partial charge in [-0.2, -0.15) is 5.21 Å². The van der Waals surface area contributed by atoms with Gasteiger partial charge in [0.2, 0.25) is 5.82 Å². The lowest BCUT2D eigenvalue weighted by atomic mass is 9.98. The molecule has 32 heavy (non-hydrogen) atoms. The van der Waals surface area contributed by atoms with E-state index in [0.29, 0.717) is 29.4 Å². The van der Waals surface area contributed by atoms with E-state index < -0.39 is 5.97 Å². The lowest BCUT2D eigenvalue weighted by Gasteiger charge is -2.21. The molecule has 2 aromatic carbocycles. The topological polar surface area (TPSA) is 108 Å². The fourth-order valence-electron chi connectivity index (χ4n) is 3.61. The highest BCUT2D eigenvalue weighted by atomic mass is 32.1. The predicted octanol–water partition coefficient (Wildman–Crippen LogP) is 4.67. The van der Waals surface area contributed by atoms with E-state index in [1.165, 1.54) is 11.3 Å². The van der Waals surface area contributed by atoms with Crippen molar-refractivity contribution in [2.24, 2.45) is 0 Å². The molecule has 0 aliphatic rings. The number of rotatable bonds is 9. The number of tetrazole rings is 1. The number of nitrogens with one attached hydrogen (secondary N) is 1. The predicted molar refractivity (Wildman–Crippen MR) is 125 cm³/mol. The molecular formula is C23H24N6O2S. The summed E-state index contributed by atoms with van der Waals surface area (Å²) < 4.78 is 0. The number of aromatic amines is 1. The van der Waals surface area contributed by atoms with Crippen LogP contribution in [0.15, 0.2) is 48.5 Å². The van der Waals surface area contributed by atoms with E-state index in [1.54, 1.807) is 0 Å². The molecule has 0 bridgehead atoms. The third-order valence-electron chi connectivity index (χ3n) is 5.13. The summed E-state index contributed by atoms with van der Waals surface area (Å²) >= 11 is 1.25. The molecule has 9 heteroatoms. The zero-order valence-corrected chi connectivity index (χ0v) is 18.8. The van der Waals surface area contributed by atoms with Crippen molar-refractivity contribution in [1.82, 2.24) is 25.6 Å². The third kappa shape index (κ3) is 4.52. The van der Waals surface area contributed by atoms with Gasteiger partial charge in [0.25, 0.3) is 0 Å². The zero-order chi connectivity index (χ0) is 22.5. The van der Waals surface area contributed by atoms with Crippen molar-refractivity contribution in [1.29, 1.82) is 0 Å². The Labute approximate surface area is 190 Å². The fourth-order valence-corrected chi connectivity index (χ4v) is 4.63. The fraction of sp³-hybridized carbons (Fsp3) is 0.261. The number of hydrogen-bond donors (Lipinski definition) is 2. The number of carboxylic acids is 1. The Bertz CT molecular complexity index is 1190. The Kier molecular flexibility index (Phi) is 6.55. The number of nitrogens with zero attached hydrogens (tertiary/aromatic N) is 5. The molecule has 2 aromatic heterocycles. The van der Waals surface area contributed by atoms with Crippen molar-refractivity contribution in [3.63, 3.8) is 0 Å². The lowest BCUT2D eigenvalue weighted by Crippen LogP contribution is -2.23. The van der Waals surface area contributed by atoms with Crippen molar-refractivity contribution in [3.05, 3.63) is 64.7 Å². The number of aromatic nitrogens is 5. The van der Waals surface area contributed by atoms with Gasteiger partial charge in [-0.05, 0) is 34.7 Å². The van der Waals surface area contributed by atoms with Crippen LogP contribution in [0.1, 0.15) is 41.2 Å². The van der Waals surface area contributed by atoms with Crippen molar-refractivity contribution >= 4 is 22.4 Å². The molecule has 2 N–H and O–H groups in total. The van der Waals surface area contributed by atoms with Gasteiger partial charge >= 0.3 is 5.97 Å². The minimum Gasteiger partial charge on any atom is -0.477 e. The molecule has 164 valence electrons. The first kappa shape index (κ1) is 21.6. The summed E-state index contributed by atoms with van der Waals surface area (Å²) in [4.78, 5) is 18.6. The molecule has 0 amide bonds. The summed E-state index contributed by atoms with van der Waals surface area (Å²) in [6.45, 7) is 5.51. The second-order valence-electron chi connectivity index (χ2n) is 7.33. The molecule has 0 radical (unpaired) electrons. The average molecular weight is 449 g/mol. The quantitative estimate of drug-likeness (QED) is 0.383. The largest absolute Gasteiger partial charge is 0.477 e. The molecule has 0 spiro atoms. The van der Waals surface area contributed by atoms with E-state index in [0.717, 1.165) is 40.4 Å². The van der Waals surface area contributed by atoms with E-state index in [1.807, 2.05) is 31.2 Å². The van der Waals surface area contributed by atoms with E-state index >= 15 is 0 Å². The lowest BCUT2D eigenvalue weighted by molar-refractivity contribution is 0.0701. The van der Waals surface area contributed by atoms with Gasteiger partial charge in [-0.25, -0.2) is 9.78 Å². The third-order valence-corrected chi connectivity index (χ3v) is 6.28. The highest BCUT2D eigenvalue weighted by molar-refractivity contribution is 7.17. The first-order chi connectivity index (χ1) is 15.6. The monoisotopic (exact) mass is 448 g/mol. The molecular weight excluding hydrogens is 424 g/mol. The molecule has 4 rings (SSSR count). The summed E-state index contributed by atoms with van der Waals surface area (Å²) in [5.41, 5.74) is 4.78. The first-order valence-corrected chi connectivity index (χ1v) is 11.3. The van der Waals surface area contributed by atoms with Gasteiger partial charge in [0.05, 0.1) is 5.69 Å². The molecule has 0 aliphatic heterocycles. The second kappa shape index (κ2) is 9.69. The summed E-state index contributed by atoms with van der Waals surface area (Å²) in [6, 6.07) is 16.3. The van der Waals surface area contributed by atoms with Crippen LogP contribution in [0, 0.1) is 0 Å². The minimum atomic E-state index is -0.910. The maximum Gasteiger partial charge on any atom is 0.347 e. The van der Waals surface area contributed by atoms with Crippen molar-refractivity contribution in [3.8, 4) is 22.5 Å². The minimum absolute atomic E-state index is 0.331. The van der Waals surface area contributed by atoms with Gasteiger partial charge in [0, 0.05) is 18.7 Å². The SMILES string of the molecule is CCCN(Cc1ccc(-c2ccccc2-c2nn[nH]n2)cc1)c1nc(CC)c(C(=O)O)s1. The standard InChI is InChI=1S/C23H24N6O2S/c1-3-13-29(23-24-19(4-2)20(32-23)22(30)31)14-15-9-11-16(12-10-15)17-7-5-6-8-18(17)21-25-27-28-26-21/h5-12H,3-4,13-14H2,1-2H3,(H,30,31)(H,25,26,27,28). The summed E-state index contributed by atoms with van der Waals surface area (Å²) in [5.74, 6) is -0.352. The Morgan fingerprint density at radius 3 is 2.44 bits per heavy atom. The molecule has 0 unspecified atom stereocenters. The number of anilines is 1. The summed E-state index contributed by atoms with van der Waals surface area (Å²) in [5, 5.41) is 24.6. The van der Waals surface area contributed by atoms with Crippen LogP contribution in [0.3, 0.4) is 0 Å². The normalized spacial score (nSPS) is 10.9. The molecule has 0 atom stereocenters. The average Bonchev–Trinajstić information content (AvgIpc) is 3.50. The van der Waals surface area contributed by atoms with Gasteiger partial charge in [-0.3, -0.25) is 0 Å². The second-order valence-corrected chi connectivity index (χ2v) is 8.31. The number of hydrogen-bond acceptors (Lipinski definition) is 7. The molecule has 8 nitrogen and oxygen atoms in total. The van der Waals surface area contributed by atoms with Crippen LogP contribution in [-0.4, -0.2) is 43.2 Å². The van der Waals surface area contributed by atoms with E-state index in [4.69, 9.17) is 0 Å². The number of H-pyrrole nitrogens is 1. The Balaban J connectivity index is 1.59. The number of carboxylic acid groups (broad SMARTS) is 1. The zero-order valence-electron chi connectivity index (χ0n) is 17.9. The molecule has 4 aromatic rings. The molecule has 0 fully saturated rings. The van der Waals surface area contributed by atoms with Gasteiger partial charge in [-0.15, -0.1) is 10.2 Å². The molecule has 0 saturated carbocycles. The van der Waals surface area contributed by atoms with Gasteiger partial charge in [-0.1, -0.05) is 73.7 Å². The summed E-state index contributed by atoms with van der Waals surface area (Å²) in [7, 11) is 0. The van der Waals surface area contributed by atoms with Gasteiger partial charge in [0.15, 0.2) is 5.13 Å². The van der Waals surface area contributed by atoms with E-state index in [-0.39, 0.29) is 0 Å². The molecule has 0 saturated heterocycles. The van der Waals surface area contributed by atoms with Gasteiger partial charge in [0.1, 0.15) is 4.88 Å². The number of carbonyl (C=O) groups is 1. The Hall–Kier alpha value is -3.59. The van der Waals surface area contributed by atoms with Crippen LogP contribution in [-0.2, 0) is 13.0 Å². The summed E-state index contributed by atoms with van der Waals surface area (Å²) in [6.07, 6.45) is 1.55. The van der Waals surface area contributed by atoms with E-state index in [2.05, 4.69) is 61.7 Å². The number of aromatic carboxylic acids is 1. The van der Waals surface area contributed by atoms with Crippen molar-refractivity contribution < 1.29 is 9.90 Å². The number of aryl methyl sites for hydroxylation is 1. The number of thiazole rings is 1. The first-order valence-electron chi connectivity index (χ1n) is 10.5. The molecule has 0 aliphatic carbocycles. The van der Waals surface area contributed by atoms with Gasteiger partial charge < -0.3 is 10.0 Å². The van der Waals surface area contributed by atoms with E-state index in [9.17, 15) is 9.90 Å². The smallest absolute Gasteiger partial charge is 0.347 e. The molecule has 2 heterocycles. The Morgan fingerprint density at radius 1 is 1.09 bits per heavy atom. The van der Waals surface area contributed by atoms with Crippen molar-refractivity contribution in [2.45, 2.75) is 33.2 Å². The highest BCUT2D eigenvalue weighted by Crippen LogP contribution is 2.31. The van der Waals surface area contributed by atoms with Crippen LogP contribution in [0.25, 0.3) is 22.5 Å². The van der Waals surface area contributed by atoms with Crippen LogP contribution in [0.2, 0.25) is 0 Å². The maximum absolute atomic E-state index is 11.6. The van der Waals surface area contributed by atoms with Crippen LogP contribution in [0.4, 0.5) is 5.13 Å². The Morgan fingerprint density at radius 2 is 1.84 bits per heavy atom. The highest BCUT2D eigenvalue weighted by Gasteiger charge is 2.20. The van der Waals surface area contributed by atoms with Crippen LogP contribution >= 0.6 is 11.3 Å². The van der Waals surface area contributed by atoms with Crippen LogP contribution < -0.4 is 4.90 Å². The van der Waals surface area contributed by atoms with Crippen LogP contribution in [0.5, 0.6) is 0 Å². The maximum atomic E-state index is 11.6.